The number of anilines is 1. The zero-order valence-corrected chi connectivity index (χ0v) is 13.7. The van der Waals surface area contributed by atoms with Gasteiger partial charge in [-0.2, -0.15) is 0 Å². The Bertz CT molecular complexity index is 611. The number of phenolic OH excluding ortho intramolecular Hbond substituents is 1. The van der Waals surface area contributed by atoms with Crippen molar-refractivity contribution in [2.75, 3.05) is 11.9 Å². The molecule has 1 aromatic carbocycles. The molecule has 2 fully saturated rings. The van der Waals surface area contributed by atoms with E-state index in [0.29, 0.717) is 12.3 Å². The van der Waals surface area contributed by atoms with Gasteiger partial charge < -0.3 is 20.5 Å². The van der Waals surface area contributed by atoms with E-state index in [2.05, 4.69) is 10.6 Å². The highest BCUT2D eigenvalue weighted by Crippen LogP contribution is 2.40. The summed E-state index contributed by atoms with van der Waals surface area (Å²) >= 11 is 0. The van der Waals surface area contributed by atoms with Gasteiger partial charge in [-0.15, -0.1) is 0 Å². The lowest BCUT2D eigenvalue weighted by atomic mass is 9.96. The van der Waals surface area contributed by atoms with Gasteiger partial charge in [-0.3, -0.25) is 9.59 Å². The molecule has 1 aromatic rings. The summed E-state index contributed by atoms with van der Waals surface area (Å²) in [6, 6.07) is 6.40. The molecule has 3 rings (SSSR count). The predicted molar refractivity (Wildman–Crippen MR) is 89.7 cm³/mol. The van der Waals surface area contributed by atoms with Crippen LogP contribution in [0.15, 0.2) is 24.3 Å². The van der Waals surface area contributed by atoms with Gasteiger partial charge in [0.15, 0.2) is 0 Å². The predicted octanol–water partition coefficient (Wildman–Crippen LogP) is 2.33. The third kappa shape index (κ3) is 4.26. The van der Waals surface area contributed by atoms with Crippen LogP contribution in [0, 0.1) is 0 Å². The first-order chi connectivity index (χ1) is 11.5. The van der Waals surface area contributed by atoms with E-state index in [0.717, 1.165) is 19.3 Å². The van der Waals surface area contributed by atoms with E-state index in [1.807, 2.05) is 0 Å². The molecule has 130 valence electrons. The molecule has 0 unspecified atom stereocenters. The zero-order chi connectivity index (χ0) is 17.0. The summed E-state index contributed by atoms with van der Waals surface area (Å²) < 4.78 is 5.91. The molecule has 3 N–H and O–H groups in total. The van der Waals surface area contributed by atoms with Gasteiger partial charge in [0.1, 0.15) is 5.75 Å². The van der Waals surface area contributed by atoms with Crippen LogP contribution >= 0.6 is 0 Å². The average Bonchev–Trinajstić information content (AvgIpc) is 3.16. The van der Waals surface area contributed by atoms with E-state index in [1.54, 1.807) is 12.1 Å². The van der Waals surface area contributed by atoms with E-state index >= 15 is 0 Å². The lowest BCUT2D eigenvalue weighted by Gasteiger charge is -2.21. The maximum Gasteiger partial charge on any atom is 0.224 e. The lowest BCUT2D eigenvalue weighted by Crippen LogP contribution is -2.36. The SMILES string of the molecule is O=C(CCC(=O)N[C@H]1COC2(CCCC2)C1)Nc1cccc(O)c1. The van der Waals surface area contributed by atoms with Crippen LogP contribution in [-0.4, -0.2) is 35.2 Å². The van der Waals surface area contributed by atoms with Crippen molar-refractivity contribution in [3.63, 3.8) is 0 Å². The molecule has 6 nitrogen and oxygen atoms in total. The second kappa shape index (κ2) is 7.21. The Morgan fingerprint density at radius 3 is 2.71 bits per heavy atom. The van der Waals surface area contributed by atoms with E-state index in [9.17, 15) is 14.7 Å². The van der Waals surface area contributed by atoms with Crippen LogP contribution in [0.3, 0.4) is 0 Å². The van der Waals surface area contributed by atoms with Crippen molar-refractivity contribution in [2.24, 2.45) is 0 Å². The molecule has 1 saturated carbocycles. The third-order valence-corrected chi connectivity index (χ3v) is 4.80. The largest absolute Gasteiger partial charge is 0.508 e. The monoisotopic (exact) mass is 332 g/mol. The third-order valence-electron chi connectivity index (χ3n) is 4.80. The Balaban J connectivity index is 1.39. The summed E-state index contributed by atoms with van der Waals surface area (Å²) in [6.07, 6.45) is 5.73. The Kier molecular flexibility index (Phi) is 5.04. The standard InChI is InChI=1S/C18H24N2O4/c21-15-5-3-4-13(10-15)19-16(22)6-7-17(23)20-14-11-18(24-12-14)8-1-2-9-18/h3-5,10,14,21H,1-2,6-9,11-12H2,(H,19,22)(H,20,23)/t14-/m1/s1. The molecule has 0 aromatic heterocycles. The van der Waals surface area contributed by atoms with E-state index < -0.39 is 0 Å². The Morgan fingerprint density at radius 2 is 1.96 bits per heavy atom. The summed E-state index contributed by atoms with van der Waals surface area (Å²) in [4.78, 5) is 23.9. The molecular weight excluding hydrogens is 308 g/mol. The number of amides is 2. The normalized spacial score (nSPS) is 21.8. The summed E-state index contributed by atoms with van der Waals surface area (Å²) in [5.41, 5.74) is 0.512. The highest BCUT2D eigenvalue weighted by Gasteiger charge is 2.42. The number of ether oxygens (including phenoxy) is 1. The van der Waals surface area contributed by atoms with Gasteiger partial charge in [0, 0.05) is 24.6 Å². The number of nitrogens with one attached hydrogen (secondary N) is 2. The minimum atomic E-state index is -0.245. The van der Waals surface area contributed by atoms with Crippen LogP contribution in [-0.2, 0) is 14.3 Å². The van der Waals surface area contributed by atoms with Crippen LogP contribution in [0.1, 0.15) is 44.9 Å². The summed E-state index contributed by atoms with van der Waals surface area (Å²) in [5, 5.41) is 15.0. The van der Waals surface area contributed by atoms with Crippen molar-refractivity contribution in [1.82, 2.24) is 5.32 Å². The molecule has 1 aliphatic carbocycles. The number of carbonyl (C=O) groups is 2. The Hall–Kier alpha value is -2.08. The molecule has 2 amide bonds. The molecule has 0 radical (unpaired) electrons. The van der Waals surface area contributed by atoms with Gasteiger partial charge in [0.2, 0.25) is 11.8 Å². The fraction of sp³-hybridized carbons (Fsp3) is 0.556. The van der Waals surface area contributed by atoms with Gasteiger partial charge >= 0.3 is 0 Å². The molecule has 6 heteroatoms. The van der Waals surface area contributed by atoms with Crippen molar-refractivity contribution < 1.29 is 19.4 Å². The fourth-order valence-electron chi connectivity index (χ4n) is 3.64. The van der Waals surface area contributed by atoms with Crippen LogP contribution < -0.4 is 10.6 Å². The van der Waals surface area contributed by atoms with Gasteiger partial charge in [-0.25, -0.2) is 0 Å². The van der Waals surface area contributed by atoms with E-state index in [4.69, 9.17) is 4.74 Å². The highest BCUT2D eigenvalue weighted by molar-refractivity contribution is 5.93. The van der Waals surface area contributed by atoms with Crippen molar-refractivity contribution in [1.29, 1.82) is 0 Å². The maximum atomic E-state index is 12.0. The average molecular weight is 332 g/mol. The minimum Gasteiger partial charge on any atom is -0.508 e. The topological polar surface area (TPSA) is 87.7 Å². The van der Waals surface area contributed by atoms with Gasteiger partial charge in [-0.1, -0.05) is 18.9 Å². The van der Waals surface area contributed by atoms with Crippen LogP contribution in [0.4, 0.5) is 5.69 Å². The molecule has 1 aliphatic heterocycles. The lowest BCUT2D eigenvalue weighted by molar-refractivity contribution is -0.124. The van der Waals surface area contributed by atoms with Crippen LogP contribution in [0.25, 0.3) is 0 Å². The molecule has 1 atom stereocenters. The van der Waals surface area contributed by atoms with Gasteiger partial charge in [0.05, 0.1) is 18.2 Å². The number of benzene rings is 1. The molecule has 24 heavy (non-hydrogen) atoms. The van der Waals surface area contributed by atoms with Crippen molar-refractivity contribution in [3.05, 3.63) is 24.3 Å². The zero-order valence-electron chi connectivity index (χ0n) is 13.7. The number of rotatable bonds is 5. The number of carbonyl (C=O) groups excluding carboxylic acids is 2. The minimum absolute atomic E-state index is 0.00929. The first-order valence-corrected chi connectivity index (χ1v) is 8.57. The molecule has 1 saturated heterocycles. The van der Waals surface area contributed by atoms with Crippen molar-refractivity contribution in [2.45, 2.75) is 56.6 Å². The summed E-state index contributed by atoms with van der Waals surface area (Å²) in [5.74, 6) is -0.275. The molecule has 1 heterocycles. The van der Waals surface area contributed by atoms with E-state index in [1.165, 1.54) is 25.0 Å². The smallest absolute Gasteiger partial charge is 0.224 e. The molecular formula is C18H24N2O4. The first-order valence-electron chi connectivity index (χ1n) is 8.57. The molecule has 0 bridgehead atoms. The quantitative estimate of drug-likeness (QED) is 0.772. The first kappa shape index (κ1) is 16.8. The number of hydrogen-bond donors (Lipinski definition) is 3. The fourth-order valence-corrected chi connectivity index (χ4v) is 3.64. The summed E-state index contributed by atoms with van der Waals surface area (Å²) in [6.45, 7) is 0.571. The second-order valence-corrected chi connectivity index (χ2v) is 6.77. The Labute approximate surface area is 141 Å². The maximum absolute atomic E-state index is 12.0. The van der Waals surface area contributed by atoms with Crippen LogP contribution in [0.5, 0.6) is 5.75 Å². The molecule has 1 spiro atoms. The highest BCUT2D eigenvalue weighted by atomic mass is 16.5. The van der Waals surface area contributed by atoms with Gasteiger partial charge in [0.25, 0.3) is 0 Å². The van der Waals surface area contributed by atoms with Gasteiger partial charge in [-0.05, 0) is 31.4 Å². The van der Waals surface area contributed by atoms with Crippen LogP contribution in [0.2, 0.25) is 0 Å². The number of aromatic hydroxyl groups is 1. The van der Waals surface area contributed by atoms with E-state index in [-0.39, 0.29) is 42.0 Å². The second-order valence-electron chi connectivity index (χ2n) is 6.77. The molecule has 2 aliphatic rings. The van der Waals surface area contributed by atoms with Crippen molar-refractivity contribution >= 4 is 17.5 Å². The summed E-state index contributed by atoms with van der Waals surface area (Å²) in [7, 11) is 0. The number of hydrogen-bond acceptors (Lipinski definition) is 4. The number of phenols is 1. The Morgan fingerprint density at radius 1 is 1.21 bits per heavy atom. The van der Waals surface area contributed by atoms with Crippen molar-refractivity contribution in [3.8, 4) is 5.75 Å².